The molecule has 0 aliphatic heterocycles. The average Bonchev–Trinajstić information content (AvgIpc) is 3.59. The van der Waals surface area contributed by atoms with E-state index in [-0.39, 0.29) is 28.8 Å². The summed E-state index contributed by atoms with van der Waals surface area (Å²) in [5, 5.41) is 10.5. The van der Waals surface area contributed by atoms with Crippen molar-refractivity contribution in [3.05, 3.63) is 52.4 Å². The molecule has 154 valence electrons. The summed E-state index contributed by atoms with van der Waals surface area (Å²) in [5.74, 6) is 0.339. The van der Waals surface area contributed by atoms with E-state index in [1.165, 1.54) is 12.4 Å². The third-order valence-electron chi connectivity index (χ3n) is 4.92. The smallest absolute Gasteiger partial charge is 0.321 e. The number of ether oxygens (including phenoxy) is 1. The van der Waals surface area contributed by atoms with Crippen LogP contribution in [0.1, 0.15) is 35.6 Å². The third kappa shape index (κ3) is 4.03. The van der Waals surface area contributed by atoms with Crippen LogP contribution in [0.15, 0.2) is 30.6 Å². The Bertz CT molecular complexity index is 1120. The molecule has 2 unspecified atom stereocenters. The lowest BCUT2D eigenvalue weighted by Gasteiger charge is -2.18. The minimum absolute atomic E-state index is 0.00782. The van der Waals surface area contributed by atoms with E-state index < -0.39 is 25.4 Å². The first kappa shape index (κ1) is 20.4. The molecule has 2 aromatic heterocycles. The molecule has 0 bridgehead atoms. The van der Waals surface area contributed by atoms with Crippen molar-refractivity contribution in [3.63, 3.8) is 0 Å². The Morgan fingerprint density at radius 2 is 1.93 bits per heavy atom. The summed E-state index contributed by atoms with van der Waals surface area (Å²) >= 11 is 5.79. The average molecular weight is 433 g/mol. The number of rotatable bonds is 7. The number of aromatic nitrogens is 3. The van der Waals surface area contributed by atoms with E-state index in [0.29, 0.717) is 21.6 Å². The number of hydrogen-bond acceptors (Lipinski definition) is 5. The van der Waals surface area contributed by atoms with Gasteiger partial charge >= 0.3 is 6.01 Å². The fourth-order valence-corrected chi connectivity index (χ4v) is 3.42. The molecule has 0 spiro atoms. The van der Waals surface area contributed by atoms with Gasteiger partial charge in [0.25, 0.3) is 0 Å². The maximum absolute atomic E-state index is 14.5. The predicted octanol–water partition coefficient (Wildman–Crippen LogP) is 5.41. The van der Waals surface area contributed by atoms with Gasteiger partial charge in [0.05, 0.1) is 34.2 Å². The number of halogens is 4. The molecular weight excluding hydrogens is 417 g/mol. The Labute approximate surface area is 175 Å². The standard InChI is InChI=1S/C21H16ClF3N4O/c22-12-9-27-21(28-10-12)30-18-3-1-2-17-19(18)13(6-15(24)16(25)7-23)14(8-26)20(29-17)11-4-5-11/h1-3,9-11,15-16H,4-7H2. The number of pyridine rings is 1. The van der Waals surface area contributed by atoms with Crippen LogP contribution in [-0.2, 0) is 6.42 Å². The van der Waals surface area contributed by atoms with Gasteiger partial charge in [-0.15, -0.1) is 0 Å². The van der Waals surface area contributed by atoms with Crippen molar-refractivity contribution < 1.29 is 17.9 Å². The number of alkyl halides is 3. The molecule has 1 aromatic carbocycles. The lowest BCUT2D eigenvalue weighted by molar-refractivity contribution is 0.137. The Morgan fingerprint density at radius 1 is 1.20 bits per heavy atom. The van der Waals surface area contributed by atoms with Crippen molar-refractivity contribution in [2.75, 3.05) is 6.67 Å². The first-order valence-electron chi connectivity index (χ1n) is 9.37. The second-order valence-corrected chi connectivity index (χ2v) is 7.50. The zero-order chi connectivity index (χ0) is 21.3. The van der Waals surface area contributed by atoms with E-state index in [9.17, 15) is 18.4 Å². The van der Waals surface area contributed by atoms with Crippen LogP contribution in [0.2, 0.25) is 5.02 Å². The van der Waals surface area contributed by atoms with E-state index in [2.05, 4.69) is 21.0 Å². The van der Waals surface area contributed by atoms with Crippen molar-refractivity contribution >= 4 is 22.5 Å². The van der Waals surface area contributed by atoms with Crippen molar-refractivity contribution in [1.82, 2.24) is 15.0 Å². The van der Waals surface area contributed by atoms with Gasteiger partial charge in [-0.2, -0.15) is 5.26 Å². The summed E-state index contributed by atoms with van der Waals surface area (Å²) in [4.78, 5) is 12.6. The Kier molecular flexibility index (Phi) is 5.73. The second-order valence-electron chi connectivity index (χ2n) is 7.06. The number of nitriles is 1. The van der Waals surface area contributed by atoms with Gasteiger partial charge in [0.1, 0.15) is 24.7 Å². The van der Waals surface area contributed by atoms with Crippen LogP contribution in [0.25, 0.3) is 10.9 Å². The summed E-state index contributed by atoms with van der Waals surface area (Å²) in [7, 11) is 0. The molecular formula is C21H16ClF3N4O. The molecule has 5 nitrogen and oxygen atoms in total. The molecule has 0 amide bonds. The summed E-state index contributed by atoms with van der Waals surface area (Å²) in [5.41, 5.74) is 1.47. The molecule has 2 heterocycles. The molecule has 3 aromatic rings. The van der Waals surface area contributed by atoms with Crippen LogP contribution in [-0.4, -0.2) is 34.0 Å². The summed E-state index contributed by atoms with van der Waals surface area (Å²) in [6.45, 7) is -1.44. The first-order valence-corrected chi connectivity index (χ1v) is 9.74. The molecule has 0 saturated heterocycles. The van der Waals surface area contributed by atoms with Gasteiger partial charge in [0.2, 0.25) is 0 Å². The van der Waals surface area contributed by atoms with Crippen molar-refractivity contribution in [3.8, 4) is 17.8 Å². The third-order valence-corrected chi connectivity index (χ3v) is 5.11. The lowest BCUT2D eigenvalue weighted by atomic mass is 9.93. The zero-order valence-corrected chi connectivity index (χ0v) is 16.4. The molecule has 1 aliphatic rings. The number of fused-ring (bicyclic) bond motifs is 1. The Morgan fingerprint density at radius 3 is 2.57 bits per heavy atom. The van der Waals surface area contributed by atoms with Crippen LogP contribution in [0.3, 0.4) is 0 Å². The summed E-state index contributed by atoms with van der Waals surface area (Å²) < 4.78 is 46.6. The van der Waals surface area contributed by atoms with E-state index >= 15 is 0 Å². The van der Waals surface area contributed by atoms with Crippen LogP contribution >= 0.6 is 11.6 Å². The highest BCUT2D eigenvalue weighted by Gasteiger charge is 2.32. The zero-order valence-electron chi connectivity index (χ0n) is 15.7. The molecule has 0 N–H and O–H groups in total. The van der Waals surface area contributed by atoms with Crippen molar-refractivity contribution in [2.45, 2.75) is 37.5 Å². The van der Waals surface area contributed by atoms with E-state index in [1.807, 2.05) is 0 Å². The minimum Gasteiger partial charge on any atom is -0.424 e. The Balaban J connectivity index is 1.88. The lowest BCUT2D eigenvalue weighted by Crippen LogP contribution is -2.22. The topological polar surface area (TPSA) is 71.7 Å². The van der Waals surface area contributed by atoms with Crippen molar-refractivity contribution in [2.24, 2.45) is 0 Å². The van der Waals surface area contributed by atoms with Crippen LogP contribution in [0.5, 0.6) is 11.8 Å². The molecule has 2 atom stereocenters. The number of nitrogens with zero attached hydrogens (tertiary/aromatic N) is 4. The van der Waals surface area contributed by atoms with Gasteiger partial charge in [-0.25, -0.2) is 23.1 Å². The second kappa shape index (κ2) is 8.44. The van der Waals surface area contributed by atoms with Crippen molar-refractivity contribution in [1.29, 1.82) is 5.26 Å². The van der Waals surface area contributed by atoms with Gasteiger partial charge in [-0.1, -0.05) is 17.7 Å². The molecule has 1 saturated carbocycles. The minimum atomic E-state index is -2.28. The molecule has 0 radical (unpaired) electrons. The fraction of sp³-hybridized carbons (Fsp3) is 0.333. The van der Waals surface area contributed by atoms with Gasteiger partial charge in [0, 0.05) is 17.7 Å². The maximum Gasteiger partial charge on any atom is 0.321 e. The number of benzene rings is 1. The summed E-state index contributed by atoms with van der Waals surface area (Å²) in [6, 6.07) is 7.08. The monoisotopic (exact) mass is 432 g/mol. The molecule has 9 heteroatoms. The first-order chi connectivity index (χ1) is 14.5. The maximum atomic E-state index is 14.5. The van der Waals surface area contributed by atoms with E-state index in [1.54, 1.807) is 18.2 Å². The normalized spacial score (nSPS) is 15.6. The molecule has 1 fully saturated rings. The fourth-order valence-electron chi connectivity index (χ4n) is 3.32. The number of hydrogen-bond donors (Lipinski definition) is 0. The highest BCUT2D eigenvalue weighted by atomic mass is 35.5. The van der Waals surface area contributed by atoms with Crippen LogP contribution < -0.4 is 4.74 Å². The quantitative estimate of drug-likeness (QED) is 0.499. The van der Waals surface area contributed by atoms with Crippen LogP contribution in [0.4, 0.5) is 13.2 Å². The highest BCUT2D eigenvalue weighted by Crippen LogP contribution is 2.44. The molecule has 4 rings (SSSR count). The van der Waals surface area contributed by atoms with E-state index in [4.69, 9.17) is 16.3 Å². The largest absolute Gasteiger partial charge is 0.424 e. The van der Waals surface area contributed by atoms with Crippen LogP contribution in [0, 0.1) is 11.3 Å². The molecule has 1 aliphatic carbocycles. The highest BCUT2D eigenvalue weighted by molar-refractivity contribution is 6.30. The van der Waals surface area contributed by atoms with Gasteiger partial charge in [0.15, 0.2) is 6.17 Å². The van der Waals surface area contributed by atoms with E-state index in [0.717, 1.165) is 12.8 Å². The SMILES string of the molecule is N#Cc1c(C2CC2)nc2cccc(Oc3ncc(Cl)cn3)c2c1CC(F)C(F)CF. The predicted molar refractivity (Wildman–Crippen MR) is 105 cm³/mol. The van der Waals surface area contributed by atoms with Gasteiger partial charge in [-0.3, -0.25) is 4.98 Å². The summed E-state index contributed by atoms with van der Waals surface area (Å²) in [6.07, 6.45) is -0.419. The Hall–Kier alpha value is -2.92. The molecule has 30 heavy (non-hydrogen) atoms. The van der Waals surface area contributed by atoms with Gasteiger partial charge < -0.3 is 4.74 Å². The van der Waals surface area contributed by atoms with Gasteiger partial charge in [-0.05, 0) is 30.5 Å².